The summed E-state index contributed by atoms with van der Waals surface area (Å²) in [5.74, 6) is 0.182. The number of aromatic amines is 1. The second-order valence-corrected chi connectivity index (χ2v) is 4.35. The Balaban J connectivity index is 1.77. The predicted molar refractivity (Wildman–Crippen MR) is 65.7 cm³/mol. The summed E-state index contributed by atoms with van der Waals surface area (Å²) < 4.78 is 0. The Kier molecular flexibility index (Phi) is 2.53. The van der Waals surface area contributed by atoms with E-state index in [1.807, 2.05) is 18.2 Å². The molecule has 3 N–H and O–H groups in total. The smallest absolute Gasteiger partial charge is 0.228 e. The van der Waals surface area contributed by atoms with Gasteiger partial charge in [0.05, 0.1) is 17.6 Å². The minimum atomic E-state index is 0.0902. The van der Waals surface area contributed by atoms with Crippen LogP contribution >= 0.6 is 0 Å². The maximum atomic E-state index is 11.9. The number of carbonyl (C=O) groups excluding carboxylic acids is 1. The number of rotatable bonds is 2. The topological polar surface area (TPSA) is 69.8 Å². The molecule has 0 aliphatic carbocycles. The molecule has 1 aliphatic heterocycles. The number of aromatic nitrogens is 2. The van der Waals surface area contributed by atoms with Crippen LogP contribution in [0.1, 0.15) is 6.42 Å². The van der Waals surface area contributed by atoms with E-state index < -0.39 is 0 Å². The van der Waals surface area contributed by atoms with E-state index in [1.54, 1.807) is 6.20 Å². The number of nitrogens with one attached hydrogen (secondary N) is 3. The molecule has 17 heavy (non-hydrogen) atoms. The lowest BCUT2D eigenvalue weighted by Crippen LogP contribution is -2.24. The molecule has 2 aromatic rings. The van der Waals surface area contributed by atoms with Crippen molar-refractivity contribution in [1.82, 2.24) is 15.5 Å². The van der Waals surface area contributed by atoms with Crippen molar-refractivity contribution >= 4 is 22.5 Å². The van der Waals surface area contributed by atoms with Gasteiger partial charge in [-0.3, -0.25) is 9.89 Å². The molecule has 5 nitrogen and oxygen atoms in total. The van der Waals surface area contributed by atoms with Crippen LogP contribution in [0.4, 0.5) is 5.69 Å². The van der Waals surface area contributed by atoms with Crippen LogP contribution in [-0.2, 0) is 4.79 Å². The molecule has 3 rings (SSSR count). The maximum absolute atomic E-state index is 11.9. The van der Waals surface area contributed by atoms with Crippen molar-refractivity contribution in [2.75, 3.05) is 18.4 Å². The van der Waals surface area contributed by atoms with Gasteiger partial charge in [-0.25, -0.2) is 0 Å². The molecule has 5 heteroatoms. The molecule has 0 spiro atoms. The highest BCUT2D eigenvalue weighted by molar-refractivity contribution is 5.95. The number of amides is 1. The number of nitrogens with zero attached hydrogens (tertiary/aromatic N) is 1. The SMILES string of the molecule is O=C(Nc1ccc2cn[nH]c2c1)C1CCNC1. The zero-order chi connectivity index (χ0) is 11.7. The summed E-state index contributed by atoms with van der Waals surface area (Å²) >= 11 is 0. The lowest BCUT2D eigenvalue weighted by Gasteiger charge is -2.09. The molecule has 1 aromatic heterocycles. The number of hydrogen-bond acceptors (Lipinski definition) is 3. The second kappa shape index (κ2) is 4.18. The van der Waals surface area contributed by atoms with E-state index >= 15 is 0 Å². The van der Waals surface area contributed by atoms with Gasteiger partial charge in [-0.15, -0.1) is 0 Å². The molecule has 2 heterocycles. The number of carbonyl (C=O) groups is 1. The van der Waals surface area contributed by atoms with Crippen molar-refractivity contribution in [1.29, 1.82) is 0 Å². The van der Waals surface area contributed by atoms with Crippen molar-refractivity contribution in [2.45, 2.75) is 6.42 Å². The summed E-state index contributed by atoms with van der Waals surface area (Å²) in [6, 6.07) is 5.75. The highest BCUT2D eigenvalue weighted by Gasteiger charge is 2.22. The van der Waals surface area contributed by atoms with E-state index in [1.165, 1.54) is 0 Å². The first kappa shape index (κ1) is 10.3. The van der Waals surface area contributed by atoms with E-state index in [9.17, 15) is 4.79 Å². The zero-order valence-electron chi connectivity index (χ0n) is 9.36. The lowest BCUT2D eigenvalue weighted by atomic mass is 10.1. The molecule has 1 saturated heterocycles. The lowest BCUT2D eigenvalue weighted by molar-refractivity contribution is -0.119. The summed E-state index contributed by atoms with van der Waals surface area (Å²) in [5.41, 5.74) is 1.76. The van der Waals surface area contributed by atoms with Crippen LogP contribution in [0.15, 0.2) is 24.4 Å². The first-order valence-corrected chi connectivity index (χ1v) is 5.77. The van der Waals surface area contributed by atoms with Gasteiger partial charge in [-0.2, -0.15) is 5.10 Å². The third-order valence-corrected chi connectivity index (χ3v) is 3.14. The van der Waals surface area contributed by atoms with Crippen molar-refractivity contribution in [2.24, 2.45) is 5.92 Å². The van der Waals surface area contributed by atoms with Gasteiger partial charge in [0.15, 0.2) is 0 Å². The van der Waals surface area contributed by atoms with Crippen molar-refractivity contribution in [3.8, 4) is 0 Å². The Labute approximate surface area is 98.6 Å². The second-order valence-electron chi connectivity index (χ2n) is 4.35. The average Bonchev–Trinajstić information content (AvgIpc) is 2.99. The van der Waals surface area contributed by atoms with Gasteiger partial charge in [0, 0.05) is 17.6 Å². The molecule has 0 bridgehead atoms. The quantitative estimate of drug-likeness (QED) is 0.724. The van der Waals surface area contributed by atoms with E-state index in [4.69, 9.17) is 0 Å². The van der Waals surface area contributed by atoms with Crippen molar-refractivity contribution < 1.29 is 4.79 Å². The van der Waals surface area contributed by atoms with Crippen LogP contribution in [0.5, 0.6) is 0 Å². The van der Waals surface area contributed by atoms with E-state index in [0.29, 0.717) is 0 Å². The Bertz CT molecular complexity index is 542. The molecular weight excluding hydrogens is 216 g/mol. The molecule has 1 aromatic carbocycles. The molecule has 0 radical (unpaired) electrons. The maximum Gasteiger partial charge on any atom is 0.228 e. The number of H-pyrrole nitrogens is 1. The molecule has 1 amide bonds. The molecule has 1 fully saturated rings. The van der Waals surface area contributed by atoms with Crippen LogP contribution in [0, 0.1) is 5.92 Å². The summed E-state index contributed by atoms with van der Waals surface area (Å²) in [4.78, 5) is 11.9. The minimum Gasteiger partial charge on any atom is -0.326 e. The van der Waals surface area contributed by atoms with Crippen molar-refractivity contribution in [3.63, 3.8) is 0 Å². The number of anilines is 1. The largest absolute Gasteiger partial charge is 0.326 e. The minimum absolute atomic E-state index is 0.0902. The Morgan fingerprint density at radius 1 is 1.47 bits per heavy atom. The third kappa shape index (κ3) is 2.01. The summed E-state index contributed by atoms with van der Waals surface area (Å²) in [7, 11) is 0. The fraction of sp³-hybridized carbons (Fsp3) is 0.333. The van der Waals surface area contributed by atoms with Gasteiger partial charge < -0.3 is 10.6 Å². The Hall–Kier alpha value is -1.88. The number of hydrogen-bond donors (Lipinski definition) is 3. The van der Waals surface area contributed by atoms with Crippen LogP contribution < -0.4 is 10.6 Å². The summed E-state index contributed by atoms with van der Waals surface area (Å²) in [6.07, 6.45) is 2.68. The monoisotopic (exact) mass is 230 g/mol. The van der Waals surface area contributed by atoms with Gasteiger partial charge in [0.1, 0.15) is 0 Å². The van der Waals surface area contributed by atoms with Crippen LogP contribution in [-0.4, -0.2) is 29.2 Å². The molecule has 1 aliphatic rings. The fourth-order valence-corrected chi connectivity index (χ4v) is 2.14. The van der Waals surface area contributed by atoms with Crippen LogP contribution in [0.2, 0.25) is 0 Å². The van der Waals surface area contributed by atoms with Crippen LogP contribution in [0.25, 0.3) is 10.9 Å². The molecular formula is C12H14N4O. The van der Waals surface area contributed by atoms with Gasteiger partial charge >= 0.3 is 0 Å². The van der Waals surface area contributed by atoms with E-state index in [2.05, 4.69) is 20.8 Å². The average molecular weight is 230 g/mol. The first-order chi connectivity index (χ1) is 8.33. The molecule has 1 atom stereocenters. The first-order valence-electron chi connectivity index (χ1n) is 5.77. The van der Waals surface area contributed by atoms with Gasteiger partial charge in [-0.05, 0) is 31.2 Å². The number of benzene rings is 1. The highest BCUT2D eigenvalue weighted by Crippen LogP contribution is 2.18. The normalized spacial score (nSPS) is 19.6. The highest BCUT2D eigenvalue weighted by atomic mass is 16.1. The van der Waals surface area contributed by atoms with E-state index in [0.717, 1.165) is 36.1 Å². The van der Waals surface area contributed by atoms with Gasteiger partial charge in [-0.1, -0.05) is 0 Å². The molecule has 1 unspecified atom stereocenters. The Morgan fingerprint density at radius 3 is 3.24 bits per heavy atom. The molecule has 0 saturated carbocycles. The number of fused-ring (bicyclic) bond motifs is 1. The summed E-state index contributed by atoms with van der Waals surface area (Å²) in [5, 5.41) is 14.0. The van der Waals surface area contributed by atoms with Crippen LogP contribution in [0.3, 0.4) is 0 Å². The van der Waals surface area contributed by atoms with Gasteiger partial charge in [0.25, 0.3) is 0 Å². The zero-order valence-corrected chi connectivity index (χ0v) is 9.36. The third-order valence-electron chi connectivity index (χ3n) is 3.14. The Morgan fingerprint density at radius 2 is 2.41 bits per heavy atom. The van der Waals surface area contributed by atoms with Gasteiger partial charge in [0.2, 0.25) is 5.91 Å². The summed E-state index contributed by atoms with van der Waals surface area (Å²) in [6.45, 7) is 1.70. The van der Waals surface area contributed by atoms with E-state index in [-0.39, 0.29) is 11.8 Å². The predicted octanol–water partition coefficient (Wildman–Crippen LogP) is 1.11. The fourth-order valence-electron chi connectivity index (χ4n) is 2.14. The van der Waals surface area contributed by atoms with Crippen molar-refractivity contribution in [3.05, 3.63) is 24.4 Å². The molecule has 88 valence electrons. The standard InChI is InChI=1S/C12H14N4O/c17-12(9-3-4-13-6-9)15-10-2-1-8-7-14-16-11(8)5-10/h1-2,5,7,9,13H,3-4,6H2,(H,14,16)(H,15,17).